The minimum absolute atomic E-state index is 0.249. The van der Waals surface area contributed by atoms with Gasteiger partial charge in [0.1, 0.15) is 7.05 Å². The molecule has 0 bridgehead atoms. The molecular formula is C21H17FN3+. The molecule has 3 aromatic heterocycles. The molecule has 122 valence electrons. The zero-order chi connectivity index (χ0) is 17.4. The van der Waals surface area contributed by atoms with Crippen LogP contribution in [0.1, 0.15) is 5.56 Å². The highest BCUT2D eigenvalue weighted by atomic mass is 19.1. The Kier molecular flexibility index (Phi) is 3.73. The average molecular weight is 330 g/mol. The monoisotopic (exact) mass is 330 g/mol. The van der Waals surface area contributed by atoms with Crippen LogP contribution in [0.5, 0.6) is 0 Å². The molecule has 4 heteroatoms. The average Bonchev–Trinajstić information content (AvgIpc) is 2.62. The lowest BCUT2D eigenvalue weighted by molar-refractivity contribution is -0.661. The van der Waals surface area contributed by atoms with Crippen LogP contribution in [0.2, 0.25) is 0 Å². The van der Waals surface area contributed by atoms with Crippen LogP contribution in [0.3, 0.4) is 0 Å². The second-order valence-corrected chi connectivity index (χ2v) is 6.14. The Balaban J connectivity index is 1.86. The summed E-state index contributed by atoms with van der Waals surface area (Å²) in [5.74, 6) is -0.249. The molecule has 3 nitrogen and oxygen atoms in total. The Morgan fingerprint density at radius 3 is 2.64 bits per heavy atom. The smallest absolute Gasteiger partial charge is 0.248 e. The second kappa shape index (κ2) is 6.06. The van der Waals surface area contributed by atoms with E-state index in [9.17, 15) is 4.39 Å². The predicted molar refractivity (Wildman–Crippen MR) is 96.3 cm³/mol. The number of benzene rings is 1. The number of fused-ring (bicyclic) bond motifs is 1. The molecule has 0 unspecified atom stereocenters. The lowest BCUT2D eigenvalue weighted by Gasteiger charge is -2.08. The zero-order valence-electron chi connectivity index (χ0n) is 14.1. The van der Waals surface area contributed by atoms with Gasteiger partial charge in [0.15, 0.2) is 12.0 Å². The van der Waals surface area contributed by atoms with Crippen molar-refractivity contribution in [3.63, 3.8) is 0 Å². The third kappa shape index (κ3) is 2.76. The highest BCUT2D eigenvalue weighted by Crippen LogP contribution is 2.27. The summed E-state index contributed by atoms with van der Waals surface area (Å²) in [4.78, 5) is 8.57. The molecule has 0 atom stereocenters. The summed E-state index contributed by atoms with van der Waals surface area (Å²) in [6, 6.07) is 13.2. The van der Waals surface area contributed by atoms with Gasteiger partial charge in [-0.2, -0.15) is 8.96 Å². The Hall–Kier alpha value is -3.14. The number of hydrogen-bond acceptors (Lipinski definition) is 2. The molecule has 0 radical (unpaired) electrons. The van der Waals surface area contributed by atoms with Crippen LogP contribution < -0.4 is 4.57 Å². The highest BCUT2D eigenvalue weighted by Gasteiger charge is 2.20. The zero-order valence-corrected chi connectivity index (χ0v) is 14.1. The third-order valence-electron chi connectivity index (χ3n) is 4.41. The van der Waals surface area contributed by atoms with E-state index in [1.807, 2.05) is 61.1 Å². The maximum Gasteiger partial charge on any atom is 0.248 e. The number of aromatic nitrogens is 3. The minimum Gasteiger partial charge on any atom is -0.264 e. The van der Waals surface area contributed by atoms with Crippen LogP contribution in [0, 0.1) is 12.7 Å². The largest absolute Gasteiger partial charge is 0.264 e. The number of nitrogens with zero attached hydrogens (tertiary/aromatic N) is 3. The summed E-state index contributed by atoms with van der Waals surface area (Å²) in [6.45, 7) is 1.99. The Labute approximate surface area is 145 Å². The van der Waals surface area contributed by atoms with Crippen LogP contribution >= 0.6 is 0 Å². The van der Waals surface area contributed by atoms with Crippen molar-refractivity contribution in [2.45, 2.75) is 6.92 Å². The standard InChI is InChI=1S/C21H17FN3/c1-14-5-3-4-6-18(14)21-19(22)10-17(13-25(21)2)15-9-16-11-23-8-7-20(16)24-12-15/h3-13H,1-2H3/q+1. The van der Waals surface area contributed by atoms with E-state index in [1.165, 1.54) is 0 Å². The van der Waals surface area contributed by atoms with Crippen molar-refractivity contribution in [3.05, 3.63) is 78.6 Å². The van der Waals surface area contributed by atoms with E-state index < -0.39 is 0 Å². The van der Waals surface area contributed by atoms with Gasteiger partial charge in [0.25, 0.3) is 0 Å². The Bertz CT molecular complexity index is 1070. The normalized spacial score (nSPS) is 11.0. The highest BCUT2D eigenvalue weighted by molar-refractivity contribution is 5.82. The summed E-state index contributed by atoms with van der Waals surface area (Å²) in [7, 11) is 1.87. The Morgan fingerprint density at radius 1 is 1.00 bits per heavy atom. The number of aryl methyl sites for hydroxylation is 2. The summed E-state index contributed by atoms with van der Waals surface area (Å²) in [6.07, 6.45) is 7.18. The van der Waals surface area contributed by atoms with Crippen molar-refractivity contribution in [3.8, 4) is 22.4 Å². The van der Waals surface area contributed by atoms with Crippen molar-refractivity contribution >= 4 is 10.9 Å². The van der Waals surface area contributed by atoms with Gasteiger partial charge in [-0.1, -0.05) is 18.2 Å². The van der Waals surface area contributed by atoms with Gasteiger partial charge < -0.3 is 0 Å². The first-order valence-corrected chi connectivity index (χ1v) is 8.09. The van der Waals surface area contributed by atoms with Crippen LogP contribution in [-0.4, -0.2) is 9.97 Å². The van der Waals surface area contributed by atoms with Crippen molar-refractivity contribution in [1.82, 2.24) is 9.97 Å². The molecule has 0 spiro atoms. The topological polar surface area (TPSA) is 29.7 Å². The van der Waals surface area contributed by atoms with Crippen molar-refractivity contribution < 1.29 is 8.96 Å². The van der Waals surface area contributed by atoms with E-state index in [0.717, 1.165) is 33.2 Å². The van der Waals surface area contributed by atoms with Gasteiger partial charge >= 0.3 is 0 Å². The molecule has 0 saturated heterocycles. The minimum atomic E-state index is -0.249. The molecule has 0 amide bonds. The fourth-order valence-corrected chi connectivity index (χ4v) is 3.13. The van der Waals surface area contributed by atoms with Crippen LogP contribution in [0.25, 0.3) is 33.3 Å². The van der Waals surface area contributed by atoms with E-state index in [0.29, 0.717) is 5.69 Å². The van der Waals surface area contributed by atoms with Crippen LogP contribution in [0.15, 0.2) is 67.3 Å². The SMILES string of the molecule is Cc1ccccc1-c1c(F)cc(-c2cnc3ccncc3c2)c[n+]1C. The molecule has 0 saturated carbocycles. The van der Waals surface area contributed by atoms with Gasteiger partial charge in [0.05, 0.1) is 16.6 Å². The van der Waals surface area contributed by atoms with Gasteiger partial charge in [0, 0.05) is 29.5 Å². The molecule has 1 aromatic carbocycles. The second-order valence-electron chi connectivity index (χ2n) is 6.14. The molecule has 3 heterocycles. The van der Waals surface area contributed by atoms with Gasteiger partial charge in [-0.15, -0.1) is 0 Å². The van der Waals surface area contributed by atoms with E-state index >= 15 is 0 Å². The maximum absolute atomic E-state index is 14.9. The third-order valence-corrected chi connectivity index (χ3v) is 4.41. The molecule has 0 aliphatic carbocycles. The lowest BCUT2D eigenvalue weighted by atomic mass is 10.0. The van der Waals surface area contributed by atoms with Crippen molar-refractivity contribution in [1.29, 1.82) is 0 Å². The number of rotatable bonds is 2. The van der Waals surface area contributed by atoms with Crippen LogP contribution in [-0.2, 0) is 7.05 Å². The van der Waals surface area contributed by atoms with Gasteiger partial charge in [-0.05, 0) is 36.8 Å². The Morgan fingerprint density at radius 2 is 1.84 bits per heavy atom. The predicted octanol–water partition coefficient (Wildman–Crippen LogP) is 4.24. The van der Waals surface area contributed by atoms with E-state index in [1.54, 1.807) is 24.7 Å². The van der Waals surface area contributed by atoms with E-state index in [4.69, 9.17) is 0 Å². The molecule has 25 heavy (non-hydrogen) atoms. The van der Waals surface area contributed by atoms with Gasteiger partial charge in [0.2, 0.25) is 5.69 Å². The molecule has 0 aliphatic rings. The van der Waals surface area contributed by atoms with Crippen molar-refractivity contribution in [2.75, 3.05) is 0 Å². The van der Waals surface area contributed by atoms with Gasteiger partial charge in [-0.25, -0.2) is 0 Å². The number of hydrogen-bond donors (Lipinski definition) is 0. The fraction of sp³-hybridized carbons (Fsp3) is 0.0952. The number of pyridine rings is 3. The maximum atomic E-state index is 14.9. The summed E-state index contributed by atoms with van der Waals surface area (Å²) < 4.78 is 16.8. The first-order valence-electron chi connectivity index (χ1n) is 8.09. The molecule has 0 N–H and O–H groups in total. The first kappa shape index (κ1) is 15.4. The molecule has 0 aliphatic heterocycles. The summed E-state index contributed by atoms with van der Waals surface area (Å²) in [5, 5.41) is 0.936. The van der Waals surface area contributed by atoms with E-state index in [2.05, 4.69) is 9.97 Å². The van der Waals surface area contributed by atoms with E-state index in [-0.39, 0.29) is 5.82 Å². The molecule has 0 fully saturated rings. The number of halogens is 1. The molecular weight excluding hydrogens is 313 g/mol. The van der Waals surface area contributed by atoms with Crippen LogP contribution in [0.4, 0.5) is 4.39 Å². The molecule has 4 rings (SSSR count). The quantitative estimate of drug-likeness (QED) is 0.515. The van der Waals surface area contributed by atoms with Gasteiger partial charge in [-0.3, -0.25) is 9.97 Å². The first-order chi connectivity index (χ1) is 12.1. The summed E-state index contributed by atoms with van der Waals surface area (Å²) in [5.41, 5.74) is 5.05. The summed E-state index contributed by atoms with van der Waals surface area (Å²) >= 11 is 0. The van der Waals surface area contributed by atoms with Crippen molar-refractivity contribution in [2.24, 2.45) is 7.05 Å². The lowest BCUT2D eigenvalue weighted by Crippen LogP contribution is -2.32. The fourth-order valence-electron chi connectivity index (χ4n) is 3.13. The molecule has 4 aromatic rings.